The zero-order chi connectivity index (χ0) is 29.9. The molecule has 4 nitrogen and oxygen atoms in total. The van der Waals surface area contributed by atoms with Gasteiger partial charge in [-0.3, -0.25) is 4.99 Å². The van der Waals surface area contributed by atoms with Gasteiger partial charge in [-0.15, -0.1) is 0 Å². The van der Waals surface area contributed by atoms with Crippen molar-refractivity contribution in [3.8, 4) is 11.5 Å². The molecule has 1 aliphatic heterocycles. The molecule has 2 aliphatic rings. The lowest BCUT2D eigenvalue weighted by Gasteiger charge is -2.39. The maximum Gasteiger partial charge on any atom is 0.149 e. The second-order valence-corrected chi connectivity index (χ2v) is 13.3. The molecule has 0 aromatic heterocycles. The van der Waals surface area contributed by atoms with Gasteiger partial charge in [0.1, 0.15) is 23.3 Å². The Morgan fingerprint density at radius 3 is 2.26 bits per heavy atom. The van der Waals surface area contributed by atoms with Crippen LogP contribution >= 0.6 is 0 Å². The van der Waals surface area contributed by atoms with Crippen molar-refractivity contribution in [2.45, 2.75) is 59.2 Å². The number of hydrogen-bond donors (Lipinski definition) is 2. The third kappa shape index (κ3) is 4.75. The van der Waals surface area contributed by atoms with E-state index >= 15 is 0 Å². The minimum atomic E-state index is -0.463. The number of ether oxygens (including phenoxy) is 1. The molecule has 1 atom stereocenters. The Bertz CT molecular complexity index is 1990. The van der Waals surface area contributed by atoms with E-state index in [2.05, 4.69) is 119 Å². The number of aliphatic imine (C=N–C) groups is 1. The molecule has 216 valence electrons. The molecule has 0 radical (unpaired) electrons. The van der Waals surface area contributed by atoms with Crippen LogP contribution in [0.5, 0.6) is 11.5 Å². The summed E-state index contributed by atoms with van der Waals surface area (Å²) in [6.45, 7) is 10.6. The van der Waals surface area contributed by atoms with E-state index in [1.807, 2.05) is 12.1 Å². The van der Waals surface area contributed by atoms with E-state index in [1.54, 1.807) is 6.07 Å². The Morgan fingerprint density at radius 1 is 0.837 bits per heavy atom. The number of nitrogens with zero attached hydrogens (tertiary/aromatic N) is 1. The van der Waals surface area contributed by atoms with E-state index in [-0.39, 0.29) is 11.2 Å². The number of hydrogen-bond acceptors (Lipinski definition) is 4. The van der Waals surface area contributed by atoms with Crippen molar-refractivity contribution in [2.75, 3.05) is 0 Å². The van der Waals surface area contributed by atoms with Gasteiger partial charge in [0, 0.05) is 28.3 Å². The molecule has 0 bridgehead atoms. The summed E-state index contributed by atoms with van der Waals surface area (Å²) in [6.07, 6.45) is 10.4. The topological polar surface area (TPSA) is 53.8 Å². The summed E-state index contributed by atoms with van der Waals surface area (Å²) in [5, 5.41) is 22.4. The van der Waals surface area contributed by atoms with Crippen LogP contribution in [0.4, 0.5) is 0 Å². The first kappa shape index (κ1) is 27.3. The number of benzene rings is 5. The third-order valence-corrected chi connectivity index (χ3v) is 9.43. The summed E-state index contributed by atoms with van der Waals surface area (Å²) in [6, 6.07) is 25.3. The van der Waals surface area contributed by atoms with Gasteiger partial charge in [-0.25, -0.2) is 0 Å². The summed E-state index contributed by atoms with van der Waals surface area (Å²) in [4.78, 5) is 5.23. The van der Waals surface area contributed by atoms with Gasteiger partial charge in [0.15, 0.2) is 0 Å². The molecule has 43 heavy (non-hydrogen) atoms. The number of allylic oxidation sites excluding steroid dienone is 4. The molecule has 5 aromatic rings. The molecular weight excluding hydrogens is 528 g/mol. The van der Waals surface area contributed by atoms with Gasteiger partial charge in [0.2, 0.25) is 0 Å². The second kappa shape index (κ2) is 10.0. The maximum atomic E-state index is 11.3. The average Bonchev–Trinajstić information content (AvgIpc) is 2.99. The molecule has 0 saturated heterocycles. The van der Waals surface area contributed by atoms with Crippen molar-refractivity contribution in [3.05, 3.63) is 119 Å². The van der Waals surface area contributed by atoms with Crippen LogP contribution in [0, 0.1) is 5.41 Å². The largest absolute Gasteiger partial charge is 0.507 e. The fourth-order valence-corrected chi connectivity index (χ4v) is 6.03. The van der Waals surface area contributed by atoms with E-state index < -0.39 is 11.8 Å². The zero-order valence-electron chi connectivity index (χ0n) is 25.5. The Labute approximate surface area is 253 Å². The summed E-state index contributed by atoms with van der Waals surface area (Å²) in [5.74, 6) is 0.800. The Kier molecular flexibility index (Phi) is 6.35. The quantitative estimate of drug-likeness (QED) is 0.208. The molecular formula is C39H38N2O2. The lowest BCUT2D eigenvalue weighted by molar-refractivity contribution is 0.000653. The van der Waals surface area contributed by atoms with Gasteiger partial charge >= 0.3 is 0 Å². The Balaban J connectivity index is 1.35. The van der Waals surface area contributed by atoms with Crippen molar-refractivity contribution in [1.82, 2.24) is 5.32 Å². The molecule has 0 fully saturated rings. The van der Waals surface area contributed by atoms with Crippen molar-refractivity contribution < 1.29 is 9.84 Å². The fraction of sp³-hybridized carbons (Fsp3) is 0.256. The van der Waals surface area contributed by atoms with Gasteiger partial charge < -0.3 is 15.2 Å². The van der Waals surface area contributed by atoms with Crippen molar-refractivity contribution >= 4 is 38.0 Å². The summed E-state index contributed by atoms with van der Waals surface area (Å²) >= 11 is 0. The molecule has 7 rings (SSSR count). The van der Waals surface area contributed by atoms with Crippen molar-refractivity contribution in [1.29, 1.82) is 0 Å². The van der Waals surface area contributed by atoms with Crippen LogP contribution in [0.2, 0.25) is 0 Å². The smallest absolute Gasteiger partial charge is 0.149 e. The van der Waals surface area contributed by atoms with E-state index in [0.717, 1.165) is 35.4 Å². The minimum Gasteiger partial charge on any atom is -0.507 e. The van der Waals surface area contributed by atoms with Crippen LogP contribution in [0.3, 0.4) is 0 Å². The highest BCUT2D eigenvalue weighted by Crippen LogP contribution is 2.40. The highest BCUT2D eigenvalue weighted by Gasteiger charge is 2.35. The highest BCUT2D eigenvalue weighted by atomic mass is 16.5. The van der Waals surface area contributed by atoms with Crippen LogP contribution in [0.15, 0.2) is 113 Å². The molecule has 0 saturated carbocycles. The van der Waals surface area contributed by atoms with Crippen LogP contribution < -0.4 is 10.1 Å². The first-order valence-electron chi connectivity index (χ1n) is 15.2. The van der Waals surface area contributed by atoms with Crippen LogP contribution in [0.25, 0.3) is 32.3 Å². The van der Waals surface area contributed by atoms with Gasteiger partial charge in [-0.05, 0) is 82.8 Å². The Hall–Kier alpha value is -4.57. The number of aromatic hydroxyl groups is 1. The molecule has 1 unspecified atom stereocenters. The zero-order valence-corrected chi connectivity index (χ0v) is 25.5. The molecule has 1 aliphatic carbocycles. The molecule has 5 aromatic carbocycles. The van der Waals surface area contributed by atoms with E-state index in [9.17, 15) is 5.11 Å². The molecule has 2 N–H and O–H groups in total. The van der Waals surface area contributed by atoms with Gasteiger partial charge in [0.25, 0.3) is 0 Å². The van der Waals surface area contributed by atoms with E-state index in [0.29, 0.717) is 11.3 Å². The first-order chi connectivity index (χ1) is 20.6. The van der Waals surface area contributed by atoms with Crippen LogP contribution in [-0.2, 0) is 0 Å². The standard InChI is InChI=1S/C39H38N2O2/c1-38(2,3)39(4,5)43-28-18-21-31(34(42)22-28)37-40-32(24-10-7-6-8-11-24)23-33(41-37)29-19-16-27-15-14-25-12-9-13-26-17-20-30(29)36(27)35(25)26/h7,9-23,37,40,42H,6,8H2,1-5H3. The molecule has 0 spiro atoms. The third-order valence-electron chi connectivity index (χ3n) is 9.43. The highest BCUT2D eigenvalue weighted by molar-refractivity contribution is 6.28. The predicted octanol–water partition coefficient (Wildman–Crippen LogP) is 9.74. The maximum absolute atomic E-state index is 11.3. The van der Waals surface area contributed by atoms with Gasteiger partial charge in [-0.1, -0.05) is 93.6 Å². The van der Waals surface area contributed by atoms with E-state index in [1.165, 1.54) is 32.3 Å². The average molecular weight is 567 g/mol. The monoisotopic (exact) mass is 566 g/mol. The molecule has 4 heteroatoms. The van der Waals surface area contributed by atoms with Crippen molar-refractivity contribution in [3.63, 3.8) is 0 Å². The molecule has 1 heterocycles. The molecule has 0 amide bonds. The van der Waals surface area contributed by atoms with Crippen LogP contribution in [0.1, 0.15) is 64.8 Å². The van der Waals surface area contributed by atoms with Gasteiger partial charge in [-0.2, -0.15) is 0 Å². The SMILES string of the molecule is CC(C)(C)C(C)(C)Oc1ccc(C2N=C(c3ccc4ccc5cccc6ccc3c4c56)C=C(C3=CCCC=C3)N2)c(O)c1. The Morgan fingerprint density at radius 2 is 1.56 bits per heavy atom. The fourth-order valence-electron chi connectivity index (χ4n) is 6.03. The number of nitrogens with one attached hydrogen (secondary N) is 1. The summed E-state index contributed by atoms with van der Waals surface area (Å²) in [5.41, 5.74) is 4.35. The second-order valence-electron chi connectivity index (χ2n) is 13.3. The first-order valence-corrected chi connectivity index (χ1v) is 15.2. The summed E-state index contributed by atoms with van der Waals surface area (Å²) in [7, 11) is 0. The number of rotatable bonds is 5. The van der Waals surface area contributed by atoms with E-state index in [4.69, 9.17) is 9.73 Å². The number of phenolic OH excluding ortho intramolecular Hbond substituents is 1. The normalized spacial score (nSPS) is 17.6. The summed E-state index contributed by atoms with van der Waals surface area (Å²) < 4.78 is 6.35. The van der Waals surface area contributed by atoms with Crippen molar-refractivity contribution in [2.24, 2.45) is 10.4 Å². The van der Waals surface area contributed by atoms with Gasteiger partial charge in [0.05, 0.1) is 5.71 Å². The predicted molar refractivity (Wildman–Crippen MR) is 179 cm³/mol. The lowest BCUT2D eigenvalue weighted by atomic mass is 9.79. The number of phenols is 1. The minimum absolute atomic E-state index is 0.0764. The lowest BCUT2D eigenvalue weighted by Crippen LogP contribution is -2.42. The van der Waals surface area contributed by atoms with Crippen LogP contribution in [-0.4, -0.2) is 16.4 Å².